The molecule has 0 radical (unpaired) electrons. The molecule has 2 unspecified atom stereocenters. The maximum atomic E-state index is 11.4. The van der Waals surface area contributed by atoms with Gasteiger partial charge < -0.3 is 4.74 Å². The normalized spacial score (nSPS) is 30.7. The fraction of sp³-hybridized carbons (Fsp3) is 0.600. The van der Waals surface area contributed by atoms with Gasteiger partial charge >= 0.3 is 0 Å². The van der Waals surface area contributed by atoms with Gasteiger partial charge in [0.05, 0.1) is 0 Å². The molecule has 0 aromatic heterocycles. The molecule has 0 bridgehead atoms. The zero-order valence-electron chi connectivity index (χ0n) is 9.01. The maximum Gasteiger partial charge on any atom is 0.218 e. The van der Waals surface area contributed by atoms with Crippen LogP contribution in [0.15, 0.2) is 24.3 Å². The van der Waals surface area contributed by atoms with Gasteiger partial charge in [0.2, 0.25) is 10.0 Å². The SMILES string of the molecule is CCCC1(OC)C=CC=CC1S(N)(=O)=O. The zero-order valence-corrected chi connectivity index (χ0v) is 9.83. The molecule has 1 rings (SSSR count). The van der Waals surface area contributed by atoms with Crippen molar-refractivity contribution in [1.29, 1.82) is 0 Å². The number of hydrogen-bond acceptors (Lipinski definition) is 3. The fourth-order valence-corrected chi connectivity index (χ4v) is 3.09. The van der Waals surface area contributed by atoms with Crippen LogP contribution in [0, 0.1) is 0 Å². The molecule has 0 heterocycles. The van der Waals surface area contributed by atoms with Gasteiger partial charge in [-0.1, -0.05) is 37.6 Å². The highest BCUT2D eigenvalue weighted by Crippen LogP contribution is 2.31. The Balaban J connectivity index is 3.12. The molecule has 4 nitrogen and oxygen atoms in total. The number of allylic oxidation sites excluding steroid dienone is 2. The third-order valence-electron chi connectivity index (χ3n) is 2.63. The van der Waals surface area contributed by atoms with Crippen LogP contribution in [0.4, 0.5) is 0 Å². The van der Waals surface area contributed by atoms with Gasteiger partial charge in [-0.15, -0.1) is 0 Å². The molecule has 5 heteroatoms. The molecule has 0 saturated carbocycles. The van der Waals surface area contributed by atoms with E-state index < -0.39 is 20.9 Å². The molecule has 1 aliphatic rings. The molecular formula is C10H17NO3S. The van der Waals surface area contributed by atoms with Gasteiger partial charge in [-0.2, -0.15) is 0 Å². The number of sulfonamides is 1. The van der Waals surface area contributed by atoms with Crippen LogP contribution in [0.5, 0.6) is 0 Å². The largest absolute Gasteiger partial charge is 0.372 e. The molecule has 0 saturated heterocycles. The lowest BCUT2D eigenvalue weighted by molar-refractivity contribution is 0.0285. The van der Waals surface area contributed by atoms with E-state index in [-0.39, 0.29) is 0 Å². The standard InChI is InChI=1S/C10H17NO3S/c1-3-7-10(14-2)8-5-4-6-9(10)15(11,12)13/h4-6,8-9H,3,7H2,1-2H3,(H2,11,12,13). The molecule has 15 heavy (non-hydrogen) atoms. The topological polar surface area (TPSA) is 69.4 Å². The van der Waals surface area contributed by atoms with Crippen molar-refractivity contribution >= 4 is 10.0 Å². The highest BCUT2D eigenvalue weighted by Gasteiger charge is 2.42. The van der Waals surface area contributed by atoms with E-state index in [0.29, 0.717) is 6.42 Å². The molecule has 0 aromatic rings. The second-order valence-corrected chi connectivity index (χ2v) is 5.35. The van der Waals surface area contributed by atoms with Gasteiger partial charge in [0.1, 0.15) is 10.9 Å². The summed E-state index contributed by atoms with van der Waals surface area (Å²) >= 11 is 0. The Morgan fingerprint density at radius 3 is 2.60 bits per heavy atom. The van der Waals surface area contributed by atoms with Crippen LogP contribution in [0.25, 0.3) is 0 Å². The minimum absolute atomic E-state index is 0.630. The molecule has 86 valence electrons. The van der Waals surface area contributed by atoms with E-state index in [0.717, 1.165) is 6.42 Å². The first-order valence-corrected chi connectivity index (χ1v) is 6.50. The van der Waals surface area contributed by atoms with Crippen molar-refractivity contribution < 1.29 is 13.2 Å². The second kappa shape index (κ2) is 4.47. The monoisotopic (exact) mass is 231 g/mol. The van der Waals surface area contributed by atoms with Gasteiger partial charge in [-0.3, -0.25) is 0 Å². The lowest BCUT2D eigenvalue weighted by atomic mass is 9.90. The summed E-state index contributed by atoms with van der Waals surface area (Å²) in [4.78, 5) is 0. The van der Waals surface area contributed by atoms with Crippen LogP contribution in [-0.2, 0) is 14.8 Å². The van der Waals surface area contributed by atoms with Crippen LogP contribution < -0.4 is 5.14 Å². The summed E-state index contributed by atoms with van der Waals surface area (Å²) in [6.07, 6.45) is 8.28. The third-order valence-corrected chi connectivity index (χ3v) is 3.90. The Bertz CT molecular complexity index is 372. The van der Waals surface area contributed by atoms with Gasteiger partial charge in [0, 0.05) is 7.11 Å². The number of rotatable bonds is 4. The van der Waals surface area contributed by atoms with E-state index in [2.05, 4.69) is 0 Å². The first-order chi connectivity index (χ1) is 6.96. The predicted octanol–water partition coefficient (Wildman–Crippen LogP) is 0.955. The Morgan fingerprint density at radius 1 is 1.47 bits per heavy atom. The van der Waals surface area contributed by atoms with Crippen LogP contribution >= 0.6 is 0 Å². The average molecular weight is 231 g/mol. The Morgan fingerprint density at radius 2 is 2.13 bits per heavy atom. The predicted molar refractivity (Wildman–Crippen MR) is 59.8 cm³/mol. The Labute approximate surface area is 90.9 Å². The van der Waals surface area contributed by atoms with E-state index in [1.54, 1.807) is 24.3 Å². The molecule has 2 N–H and O–H groups in total. The lowest BCUT2D eigenvalue weighted by Gasteiger charge is -2.35. The Hall–Kier alpha value is -0.650. The van der Waals surface area contributed by atoms with Gasteiger partial charge in [-0.25, -0.2) is 13.6 Å². The Kier molecular flexibility index (Phi) is 3.70. The van der Waals surface area contributed by atoms with E-state index >= 15 is 0 Å². The molecule has 0 aromatic carbocycles. The summed E-state index contributed by atoms with van der Waals surface area (Å²) < 4.78 is 28.3. The summed E-state index contributed by atoms with van der Waals surface area (Å²) in [5.74, 6) is 0. The molecule has 1 aliphatic carbocycles. The van der Waals surface area contributed by atoms with E-state index in [1.807, 2.05) is 6.92 Å². The summed E-state index contributed by atoms with van der Waals surface area (Å²) in [6.45, 7) is 1.98. The van der Waals surface area contributed by atoms with E-state index in [1.165, 1.54) is 7.11 Å². The van der Waals surface area contributed by atoms with Crippen molar-refractivity contribution in [2.75, 3.05) is 7.11 Å². The minimum Gasteiger partial charge on any atom is -0.372 e. The summed E-state index contributed by atoms with van der Waals surface area (Å²) in [7, 11) is -2.12. The van der Waals surface area contributed by atoms with Crippen LogP contribution in [0.2, 0.25) is 0 Å². The first-order valence-electron chi connectivity index (χ1n) is 4.89. The number of hydrogen-bond donors (Lipinski definition) is 1. The smallest absolute Gasteiger partial charge is 0.218 e. The number of methoxy groups -OCH3 is 1. The first kappa shape index (κ1) is 12.4. The fourth-order valence-electron chi connectivity index (χ4n) is 1.93. The van der Waals surface area contributed by atoms with E-state index in [9.17, 15) is 8.42 Å². The van der Waals surface area contributed by atoms with Crippen LogP contribution in [0.3, 0.4) is 0 Å². The highest BCUT2D eigenvalue weighted by molar-refractivity contribution is 7.90. The van der Waals surface area contributed by atoms with Gasteiger partial charge in [-0.05, 0) is 6.42 Å². The van der Waals surface area contributed by atoms with Crippen molar-refractivity contribution in [2.45, 2.75) is 30.6 Å². The zero-order chi connectivity index (χ0) is 11.5. The second-order valence-electron chi connectivity index (χ2n) is 3.66. The summed E-state index contributed by atoms with van der Waals surface area (Å²) in [5, 5.41) is 4.41. The highest BCUT2D eigenvalue weighted by atomic mass is 32.2. The third kappa shape index (κ3) is 2.48. The van der Waals surface area contributed by atoms with Crippen molar-refractivity contribution in [3.63, 3.8) is 0 Å². The van der Waals surface area contributed by atoms with Crippen molar-refractivity contribution in [3.8, 4) is 0 Å². The summed E-state index contributed by atoms with van der Waals surface area (Å²) in [6, 6.07) is 0. The van der Waals surface area contributed by atoms with Crippen molar-refractivity contribution in [1.82, 2.24) is 0 Å². The lowest BCUT2D eigenvalue weighted by Crippen LogP contribution is -2.49. The van der Waals surface area contributed by atoms with E-state index in [4.69, 9.17) is 9.88 Å². The average Bonchev–Trinajstić information content (AvgIpc) is 2.17. The molecule has 0 aliphatic heterocycles. The maximum absolute atomic E-state index is 11.4. The van der Waals surface area contributed by atoms with Crippen LogP contribution in [0.1, 0.15) is 19.8 Å². The minimum atomic E-state index is -3.63. The molecule has 0 fully saturated rings. The summed E-state index contributed by atoms with van der Waals surface area (Å²) in [5.41, 5.74) is -0.808. The van der Waals surface area contributed by atoms with Crippen molar-refractivity contribution in [3.05, 3.63) is 24.3 Å². The number of nitrogens with two attached hydrogens (primary N) is 1. The molecule has 0 spiro atoms. The van der Waals surface area contributed by atoms with Gasteiger partial charge in [0.15, 0.2) is 0 Å². The van der Waals surface area contributed by atoms with Gasteiger partial charge in [0.25, 0.3) is 0 Å². The van der Waals surface area contributed by atoms with Crippen molar-refractivity contribution in [2.24, 2.45) is 5.14 Å². The molecule has 2 atom stereocenters. The quantitative estimate of drug-likeness (QED) is 0.783. The van der Waals surface area contributed by atoms with Crippen LogP contribution in [-0.4, -0.2) is 26.4 Å². The molecule has 0 amide bonds. The number of primary sulfonamides is 1. The number of ether oxygens (including phenoxy) is 1. The molecular weight excluding hydrogens is 214 g/mol.